The SMILES string of the molecule is CC(C)[C@H]1CN(C(=O)COCc2ccccc2)C[C@@H]1N(C)C. The van der Waals surface area contributed by atoms with Crippen LogP contribution >= 0.6 is 0 Å². The Morgan fingerprint density at radius 3 is 2.50 bits per heavy atom. The van der Waals surface area contributed by atoms with Crippen LogP contribution in [0.2, 0.25) is 0 Å². The van der Waals surface area contributed by atoms with Gasteiger partial charge in [0.1, 0.15) is 6.61 Å². The largest absolute Gasteiger partial charge is 0.367 e. The molecule has 1 aliphatic heterocycles. The highest BCUT2D eigenvalue weighted by molar-refractivity contribution is 5.77. The Labute approximate surface area is 134 Å². The second kappa shape index (κ2) is 7.75. The minimum absolute atomic E-state index is 0.103. The molecule has 1 fully saturated rings. The van der Waals surface area contributed by atoms with E-state index < -0.39 is 0 Å². The van der Waals surface area contributed by atoms with Gasteiger partial charge in [0.05, 0.1) is 6.61 Å². The smallest absolute Gasteiger partial charge is 0.248 e. The van der Waals surface area contributed by atoms with Gasteiger partial charge in [-0.25, -0.2) is 0 Å². The molecule has 0 bridgehead atoms. The first-order valence-electron chi connectivity index (χ1n) is 8.05. The van der Waals surface area contributed by atoms with Crippen molar-refractivity contribution in [1.82, 2.24) is 9.80 Å². The van der Waals surface area contributed by atoms with E-state index in [1.165, 1.54) is 0 Å². The Morgan fingerprint density at radius 2 is 1.95 bits per heavy atom. The summed E-state index contributed by atoms with van der Waals surface area (Å²) in [5.41, 5.74) is 1.10. The Bertz CT molecular complexity index is 457. The number of hydrogen-bond donors (Lipinski definition) is 0. The normalized spacial score (nSPS) is 21.8. The first-order valence-corrected chi connectivity index (χ1v) is 8.05. The van der Waals surface area contributed by atoms with Crippen molar-refractivity contribution >= 4 is 5.91 Å². The van der Waals surface area contributed by atoms with Gasteiger partial charge in [0, 0.05) is 19.1 Å². The van der Waals surface area contributed by atoms with E-state index in [2.05, 4.69) is 32.8 Å². The standard InChI is InChI=1S/C18H28N2O2/c1-14(2)16-10-20(11-17(16)19(3)4)18(21)13-22-12-15-8-6-5-7-9-15/h5-9,14,16-17H,10-13H2,1-4H3/t16-,17+/m1/s1. The van der Waals surface area contributed by atoms with Gasteiger partial charge in [0.2, 0.25) is 5.91 Å². The van der Waals surface area contributed by atoms with Crippen LogP contribution in [0, 0.1) is 11.8 Å². The van der Waals surface area contributed by atoms with Crippen LogP contribution < -0.4 is 0 Å². The van der Waals surface area contributed by atoms with Crippen LogP contribution in [-0.4, -0.2) is 55.5 Å². The van der Waals surface area contributed by atoms with Crippen molar-refractivity contribution in [2.24, 2.45) is 11.8 Å². The van der Waals surface area contributed by atoms with Crippen LogP contribution in [0.15, 0.2) is 30.3 Å². The van der Waals surface area contributed by atoms with E-state index in [4.69, 9.17) is 4.74 Å². The highest BCUT2D eigenvalue weighted by Gasteiger charge is 2.37. The lowest BCUT2D eigenvalue weighted by Gasteiger charge is -2.27. The van der Waals surface area contributed by atoms with Crippen LogP contribution in [0.25, 0.3) is 0 Å². The molecule has 0 saturated carbocycles. The molecule has 0 radical (unpaired) electrons. The molecule has 2 rings (SSSR count). The average molecular weight is 304 g/mol. The average Bonchev–Trinajstić information content (AvgIpc) is 2.94. The van der Waals surface area contributed by atoms with Crippen molar-refractivity contribution in [3.8, 4) is 0 Å². The molecule has 0 aliphatic carbocycles. The van der Waals surface area contributed by atoms with E-state index in [0.717, 1.165) is 18.7 Å². The molecule has 0 unspecified atom stereocenters. The van der Waals surface area contributed by atoms with E-state index in [0.29, 0.717) is 24.5 Å². The quantitative estimate of drug-likeness (QED) is 0.808. The lowest BCUT2D eigenvalue weighted by molar-refractivity contribution is -0.135. The molecule has 1 amide bonds. The predicted molar refractivity (Wildman–Crippen MR) is 88.5 cm³/mol. The Morgan fingerprint density at radius 1 is 1.27 bits per heavy atom. The Balaban J connectivity index is 1.83. The number of ether oxygens (including phenoxy) is 1. The summed E-state index contributed by atoms with van der Waals surface area (Å²) in [5.74, 6) is 1.22. The number of likely N-dealkylation sites (N-methyl/N-ethyl adjacent to an activating group) is 1. The maximum absolute atomic E-state index is 12.4. The molecule has 0 aromatic heterocycles. The van der Waals surface area contributed by atoms with Gasteiger partial charge in [-0.3, -0.25) is 4.79 Å². The van der Waals surface area contributed by atoms with Crippen LogP contribution in [0.1, 0.15) is 19.4 Å². The fraction of sp³-hybridized carbons (Fsp3) is 0.611. The van der Waals surface area contributed by atoms with Crippen molar-refractivity contribution in [3.63, 3.8) is 0 Å². The fourth-order valence-corrected chi connectivity index (χ4v) is 3.14. The second-order valence-corrected chi connectivity index (χ2v) is 6.72. The molecule has 4 nitrogen and oxygen atoms in total. The predicted octanol–water partition coefficient (Wildman–Crippen LogP) is 2.25. The summed E-state index contributed by atoms with van der Waals surface area (Å²) >= 11 is 0. The van der Waals surface area contributed by atoms with Crippen molar-refractivity contribution < 1.29 is 9.53 Å². The molecule has 0 spiro atoms. The van der Waals surface area contributed by atoms with Crippen molar-refractivity contribution in [2.75, 3.05) is 33.8 Å². The van der Waals surface area contributed by atoms with Crippen molar-refractivity contribution in [1.29, 1.82) is 0 Å². The zero-order valence-electron chi connectivity index (χ0n) is 14.2. The van der Waals surface area contributed by atoms with Crippen LogP contribution in [0.4, 0.5) is 0 Å². The number of nitrogens with zero attached hydrogens (tertiary/aromatic N) is 2. The number of rotatable bonds is 6. The first-order chi connectivity index (χ1) is 10.5. The van der Waals surface area contributed by atoms with Crippen LogP contribution in [-0.2, 0) is 16.1 Å². The molecule has 0 N–H and O–H groups in total. The van der Waals surface area contributed by atoms with Gasteiger partial charge in [-0.1, -0.05) is 44.2 Å². The van der Waals surface area contributed by atoms with E-state index in [9.17, 15) is 4.79 Å². The Kier molecular flexibility index (Phi) is 5.98. The minimum Gasteiger partial charge on any atom is -0.367 e. The first kappa shape index (κ1) is 17.0. The molecule has 1 saturated heterocycles. The van der Waals surface area contributed by atoms with Crippen LogP contribution in [0.3, 0.4) is 0 Å². The third kappa shape index (κ3) is 4.31. The third-order valence-corrected chi connectivity index (χ3v) is 4.54. The summed E-state index contributed by atoms with van der Waals surface area (Å²) in [5, 5.41) is 0. The number of benzene rings is 1. The van der Waals surface area contributed by atoms with Crippen LogP contribution in [0.5, 0.6) is 0 Å². The summed E-state index contributed by atoms with van der Waals surface area (Å²) < 4.78 is 5.58. The summed E-state index contributed by atoms with van der Waals surface area (Å²) in [6.07, 6.45) is 0. The maximum atomic E-state index is 12.4. The van der Waals surface area contributed by atoms with E-state index in [1.54, 1.807) is 0 Å². The molecular formula is C18H28N2O2. The molecule has 2 atom stereocenters. The highest BCUT2D eigenvalue weighted by Crippen LogP contribution is 2.27. The minimum atomic E-state index is 0.103. The summed E-state index contributed by atoms with van der Waals surface area (Å²) in [4.78, 5) is 16.6. The van der Waals surface area contributed by atoms with E-state index >= 15 is 0 Å². The Hall–Kier alpha value is -1.39. The van der Waals surface area contributed by atoms with Crippen molar-refractivity contribution in [2.45, 2.75) is 26.5 Å². The molecule has 1 heterocycles. The number of hydrogen-bond acceptors (Lipinski definition) is 3. The van der Waals surface area contributed by atoms with Crippen molar-refractivity contribution in [3.05, 3.63) is 35.9 Å². The zero-order valence-corrected chi connectivity index (χ0v) is 14.2. The van der Waals surface area contributed by atoms with E-state index in [1.807, 2.05) is 35.2 Å². The number of likely N-dealkylation sites (tertiary alicyclic amines) is 1. The van der Waals surface area contributed by atoms with E-state index in [-0.39, 0.29) is 12.5 Å². The molecule has 4 heteroatoms. The second-order valence-electron chi connectivity index (χ2n) is 6.72. The maximum Gasteiger partial charge on any atom is 0.248 e. The molecular weight excluding hydrogens is 276 g/mol. The summed E-state index contributed by atoms with van der Waals surface area (Å²) in [7, 11) is 4.19. The summed E-state index contributed by atoms with van der Waals surface area (Å²) in [6, 6.07) is 10.4. The number of carbonyl (C=O) groups excluding carboxylic acids is 1. The van der Waals surface area contributed by atoms with Gasteiger partial charge in [0.25, 0.3) is 0 Å². The van der Waals surface area contributed by atoms with Gasteiger partial charge < -0.3 is 14.5 Å². The fourth-order valence-electron chi connectivity index (χ4n) is 3.14. The molecule has 1 aromatic rings. The van der Waals surface area contributed by atoms with Gasteiger partial charge >= 0.3 is 0 Å². The number of amides is 1. The molecule has 1 aliphatic rings. The third-order valence-electron chi connectivity index (χ3n) is 4.54. The number of carbonyl (C=O) groups is 1. The topological polar surface area (TPSA) is 32.8 Å². The molecule has 122 valence electrons. The zero-order chi connectivity index (χ0) is 16.1. The molecule has 1 aromatic carbocycles. The lowest BCUT2D eigenvalue weighted by atomic mass is 9.91. The molecule has 22 heavy (non-hydrogen) atoms. The summed E-state index contributed by atoms with van der Waals surface area (Å²) in [6.45, 7) is 6.78. The lowest BCUT2D eigenvalue weighted by Crippen LogP contribution is -2.38. The van der Waals surface area contributed by atoms with Gasteiger partial charge in [-0.05, 0) is 31.5 Å². The van der Waals surface area contributed by atoms with Gasteiger partial charge in [0.15, 0.2) is 0 Å². The highest BCUT2D eigenvalue weighted by atomic mass is 16.5. The monoisotopic (exact) mass is 304 g/mol. The van der Waals surface area contributed by atoms with Gasteiger partial charge in [-0.2, -0.15) is 0 Å². The van der Waals surface area contributed by atoms with Gasteiger partial charge in [-0.15, -0.1) is 0 Å².